The standard InChI is InChI=1S/C33H37N3O3/c1-30(2)28(37)36(29(38)35-30)25-7-6-23-17-24-10-12-31(3)26(21-5-4-20-11-15-34-19-22(20)16-21)8-9-27(31)33(24)14-13-32(23,18-25)39-33/h4-5,10-11,15-17,19,25-27H,6-9,12-14,18H2,1-3H3,(H,35,38)/t25-,26+,27+,31+,32+,33+/m0/s1. The van der Waals surface area contributed by atoms with E-state index in [2.05, 4.69) is 53.6 Å². The van der Waals surface area contributed by atoms with Crippen LogP contribution < -0.4 is 5.32 Å². The molecular formula is C33H37N3O3. The SMILES string of the molecule is CC1(C)NC(=O)N([C@H]2CCC3=CC4=CC[C@]5(C)[C@@H](c6ccc7ccncc7c6)CC[C@H]5[C@@]45CC[C@]3(C2)O5)C1=O. The summed E-state index contributed by atoms with van der Waals surface area (Å²) in [6.45, 7) is 6.09. The maximum absolute atomic E-state index is 13.1. The summed E-state index contributed by atoms with van der Waals surface area (Å²) in [7, 11) is 0. The molecule has 2 bridgehead atoms. The number of allylic oxidation sites excluding steroid dienone is 1. The fraction of sp³-hybridized carbons (Fsp3) is 0.545. The summed E-state index contributed by atoms with van der Waals surface area (Å²) >= 11 is 0. The highest BCUT2D eigenvalue weighted by molar-refractivity contribution is 6.06. The Kier molecular flexibility index (Phi) is 4.65. The van der Waals surface area contributed by atoms with Crippen LogP contribution in [0.5, 0.6) is 0 Å². The number of urea groups is 1. The van der Waals surface area contributed by atoms with E-state index in [1.807, 2.05) is 12.4 Å². The van der Waals surface area contributed by atoms with Crippen molar-refractivity contribution in [3.05, 3.63) is 65.5 Å². The van der Waals surface area contributed by atoms with Gasteiger partial charge in [-0.1, -0.05) is 31.2 Å². The Hall–Kier alpha value is -2.99. The summed E-state index contributed by atoms with van der Waals surface area (Å²) in [4.78, 5) is 31.9. The number of hydrogen-bond acceptors (Lipinski definition) is 4. The van der Waals surface area contributed by atoms with Crippen LogP contribution in [0.4, 0.5) is 4.79 Å². The van der Waals surface area contributed by atoms with Crippen LogP contribution in [0.2, 0.25) is 0 Å². The second-order valence-corrected chi connectivity index (χ2v) is 13.8. The molecule has 1 aromatic heterocycles. The number of aromatic nitrogens is 1. The molecule has 2 saturated carbocycles. The predicted molar refractivity (Wildman–Crippen MR) is 149 cm³/mol. The number of carbonyl (C=O) groups excluding carboxylic acids is 2. The van der Waals surface area contributed by atoms with Gasteiger partial charge in [-0.25, -0.2) is 4.79 Å². The van der Waals surface area contributed by atoms with Gasteiger partial charge in [-0.2, -0.15) is 0 Å². The fourth-order valence-corrected chi connectivity index (χ4v) is 9.58. The molecule has 39 heavy (non-hydrogen) atoms. The van der Waals surface area contributed by atoms with Crippen molar-refractivity contribution in [3.63, 3.8) is 0 Å². The van der Waals surface area contributed by atoms with Crippen LogP contribution in [-0.2, 0) is 9.53 Å². The molecule has 0 unspecified atom stereocenters. The third kappa shape index (κ3) is 3.04. The molecule has 6 heteroatoms. The quantitative estimate of drug-likeness (QED) is 0.478. The molecule has 4 fully saturated rings. The van der Waals surface area contributed by atoms with Crippen molar-refractivity contribution in [3.8, 4) is 0 Å². The van der Waals surface area contributed by atoms with E-state index in [4.69, 9.17) is 4.74 Å². The van der Waals surface area contributed by atoms with Crippen LogP contribution in [0.3, 0.4) is 0 Å². The van der Waals surface area contributed by atoms with E-state index < -0.39 is 5.54 Å². The van der Waals surface area contributed by atoms with Gasteiger partial charge >= 0.3 is 6.03 Å². The molecule has 6 nitrogen and oxygen atoms in total. The van der Waals surface area contributed by atoms with E-state index in [0.29, 0.717) is 18.3 Å². The molecule has 4 heterocycles. The second-order valence-electron chi connectivity index (χ2n) is 13.8. The fourth-order valence-electron chi connectivity index (χ4n) is 9.58. The average molecular weight is 524 g/mol. The smallest absolute Gasteiger partial charge is 0.325 e. The van der Waals surface area contributed by atoms with Gasteiger partial charge in [-0.15, -0.1) is 0 Å². The number of nitrogens with zero attached hydrogens (tertiary/aromatic N) is 2. The van der Waals surface area contributed by atoms with Crippen molar-refractivity contribution in [1.29, 1.82) is 0 Å². The minimum atomic E-state index is -0.839. The Balaban J connectivity index is 1.13. The minimum absolute atomic E-state index is 0.111. The Morgan fingerprint density at radius 3 is 2.74 bits per heavy atom. The van der Waals surface area contributed by atoms with Crippen molar-refractivity contribution in [2.24, 2.45) is 11.3 Å². The predicted octanol–water partition coefficient (Wildman–Crippen LogP) is 6.18. The average Bonchev–Trinajstić information content (AvgIpc) is 3.49. The number of amides is 3. The normalized spacial score (nSPS) is 40.1. The summed E-state index contributed by atoms with van der Waals surface area (Å²) in [5.41, 5.74) is 2.86. The van der Waals surface area contributed by atoms with Gasteiger partial charge in [-0.05, 0) is 110 Å². The lowest BCUT2D eigenvalue weighted by atomic mass is 9.58. The zero-order chi connectivity index (χ0) is 26.8. The minimum Gasteiger partial charge on any atom is -0.359 e. The molecule has 1 N–H and O–H groups in total. The largest absolute Gasteiger partial charge is 0.359 e. The second kappa shape index (κ2) is 7.60. The first-order chi connectivity index (χ1) is 18.7. The van der Waals surface area contributed by atoms with Gasteiger partial charge in [0.15, 0.2) is 0 Å². The molecule has 2 aromatic rings. The van der Waals surface area contributed by atoms with Crippen LogP contribution in [0.25, 0.3) is 10.8 Å². The summed E-state index contributed by atoms with van der Waals surface area (Å²) < 4.78 is 7.41. The highest BCUT2D eigenvalue weighted by Crippen LogP contribution is 2.69. The van der Waals surface area contributed by atoms with Crippen LogP contribution >= 0.6 is 0 Å². The molecule has 3 amide bonds. The molecular weight excluding hydrogens is 486 g/mol. The zero-order valence-electron chi connectivity index (χ0n) is 23.1. The number of imide groups is 1. The third-order valence-electron chi connectivity index (χ3n) is 11.5. The first-order valence-electron chi connectivity index (χ1n) is 14.8. The Labute approximate surface area is 229 Å². The summed E-state index contributed by atoms with van der Waals surface area (Å²) in [5, 5.41) is 5.34. The summed E-state index contributed by atoms with van der Waals surface area (Å²) in [6, 6.07) is 8.66. The highest BCUT2D eigenvalue weighted by atomic mass is 16.5. The zero-order valence-corrected chi connectivity index (χ0v) is 23.1. The topological polar surface area (TPSA) is 71.5 Å². The first-order valence-corrected chi connectivity index (χ1v) is 14.8. The van der Waals surface area contributed by atoms with Crippen LogP contribution in [-0.4, -0.2) is 44.6 Å². The van der Waals surface area contributed by atoms with Gasteiger partial charge < -0.3 is 10.1 Å². The molecule has 1 aromatic carbocycles. The molecule has 6 aliphatic rings. The molecule has 2 saturated heterocycles. The van der Waals surface area contributed by atoms with Gasteiger partial charge in [0.25, 0.3) is 5.91 Å². The van der Waals surface area contributed by atoms with E-state index in [0.717, 1.165) is 38.5 Å². The molecule has 2 spiro atoms. The van der Waals surface area contributed by atoms with Gasteiger partial charge in [0.1, 0.15) is 5.54 Å². The Morgan fingerprint density at radius 2 is 1.92 bits per heavy atom. The van der Waals surface area contributed by atoms with E-state index in [9.17, 15) is 9.59 Å². The molecule has 6 atom stereocenters. The number of carbonyl (C=O) groups is 2. The molecule has 8 rings (SSSR count). The van der Waals surface area contributed by atoms with Crippen molar-refractivity contribution in [1.82, 2.24) is 15.2 Å². The summed E-state index contributed by atoms with van der Waals surface area (Å²) in [5.74, 6) is 0.824. The highest BCUT2D eigenvalue weighted by Gasteiger charge is 2.67. The third-order valence-corrected chi connectivity index (χ3v) is 11.5. The van der Waals surface area contributed by atoms with Crippen molar-refractivity contribution < 1.29 is 14.3 Å². The molecule has 202 valence electrons. The lowest BCUT2D eigenvalue weighted by Gasteiger charge is -2.54. The molecule has 3 aliphatic carbocycles. The van der Waals surface area contributed by atoms with E-state index in [1.54, 1.807) is 13.8 Å². The lowest BCUT2D eigenvalue weighted by Crippen LogP contribution is -2.56. The number of ether oxygens (including phenoxy) is 1. The van der Waals surface area contributed by atoms with Gasteiger partial charge in [0.2, 0.25) is 0 Å². The number of benzene rings is 1. The molecule has 3 aliphatic heterocycles. The number of hydrogen-bond donors (Lipinski definition) is 1. The van der Waals surface area contributed by atoms with E-state index in [-0.39, 0.29) is 34.6 Å². The van der Waals surface area contributed by atoms with Gasteiger partial charge in [0, 0.05) is 30.2 Å². The van der Waals surface area contributed by atoms with Crippen molar-refractivity contribution >= 4 is 22.7 Å². The maximum atomic E-state index is 13.1. The van der Waals surface area contributed by atoms with E-state index >= 15 is 0 Å². The monoisotopic (exact) mass is 523 g/mol. The summed E-state index contributed by atoms with van der Waals surface area (Å²) in [6.07, 6.45) is 16.6. The Morgan fingerprint density at radius 1 is 1.05 bits per heavy atom. The number of rotatable bonds is 2. The van der Waals surface area contributed by atoms with Crippen molar-refractivity contribution in [2.75, 3.05) is 0 Å². The van der Waals surface area contributed by atoms with Crippen molar-refractivity contribution in [2.45, 2.75) is 101 Å². The lowest BCUT2D eigenvalue weighted by molar-refractivity contribution is -0.145. The van der Waals surface area contributed by atoms with E-state index in [1.165, 1.54) is 38.8 Å². The number of fused-ring (bicyclic) bond motifs is 2. The van der Waals surface area contributed by atoms with Crippen LogP contribution in [0.15, 0.2) is 60.0 Å². The van der Waals surface area contributed by atoms with Gasteiger partial charge in [-0.3, -0.25) is 14.7 Å². The number of nitrogens with one attached hydrogen (secondary N) is 1. The number of pyridine rings is 1. The molecule has 0 radical (unpaired) electrons. The van der Waals surface area contributed by atoms with Crippen LogP contribution in [0.1, 0.15) is 83.6 Å². The van der Waals surface area contributed by atoms with Gasteiger partial charge in [0.05, 0.1) is 11.2 Å². The first kappa shape index (κ1) is 23.9. The Bertz CT molecular complexity index is 1510. The van der Waals surface area contributed by atoms with Crippen LogP contribution in [0, 0.1) is 11.3 Å². The maximum Gasteiger partial charge on any atom is 0.325 e.